The van der Waals surface area contributed by atoms with Gasteiger partial charge < -0.3 is 4.90 Å². The summed E-state index contributed by atoms with van der Waals surface area (Å²) in [6.07, 6.45) is 4.48. The Kier molecular flexibility index (Phi) is 6.14. The Hall–Kier alpha value is -1.96. The molecule has 0 N–H and O–H groups in total. The van der Waals surface area contributed by atoms with E-state index in [-0.39, 0.29) is 19.0 Å². The highest BCUT2D eigenvalue weighted by Gasteiger charge is 2.35. The molecule has 27 heavy (non-hydrogen) atoms. The number of nitrogens with zero attached hydrogens (tertiary/aromatic N) is 3. The first-order valence-electron chi connectivity index (χ1n) is 8.77. The summed E-state index contributed by atoms with van der Waals surface area (Å²) in [5.74, 6) is -0.186. The lowest BCUT2D eigenvalue weighted by atomic mass is 10.1. The summed E-state index contributed by atoms with van der Waals surface area (Å²) >= 11 is 5.97. The molecule has 1 saturated heterocycles. The second-order valence-corrected chi connectivity index (χ2v) is 9.44. The number of hydrogen-bond donors (Lipinski definition) is 0. The number of piperidine rings is 1. The van der Waals surface area contributed by atoms with Gasteiger partial charge in [0.2, 0.25) is 10.0 Å². The molecule has 0 spiro atoms. The number of hydrogen-bond acceptors (Lipinski definition) is 4. The van der Waals surface area contributed by atoms with Gasteiger partial charge in [0.05, 0.1) is 5.25 Å². The third-order valence-corrected chi connectivity index (χ3v) is 7.21. The van der Waals surface area contributed by atoms with Crippen molar-refractivity contribution in [2.45, 2.75) is 24.6 Å². The molecule has 1 aliphatic heterocycles. The van der Waals surface area contributed by atoms with Crippen molar-refractivity contribution in [3.8, 4) is 0 Å². The Bertz CT molecular complexity index is 905. The third-order valence-electron chi connectivity index (χ3n) is 4.75. The first-order valence-corrected chi connectivity index (χ1v) is 10.6. The summed E-state index contributed by atoms with van der Waals surface area (Å²) in [5, 5.41) is -0.125. The first-order chi connectivity index (χ1) is 12.9. The fraction of sp³-hybridized carbons (Fsp3) is 0.368. The lowest BCUT2D eigenvalue weighted by molar-refractivity contribution is 0.0725. The molecule has 1 atom stereocenters. The van der Waals surface area contributed by atoms with E-state index in [1.54, 1.807) is 60.7 Å². The molecule has 3 rings (SSSR count). The molecular weight excluding hydrogens is 386 g/mol. The Morgan fingerprint density at radius 3 is 2.74 bits per heavy atom. The van der Waals surface area contributed by atoms with Crippen molar-refractivity contribution in [2.24, 2.45) is 0 Å². The van der Waals surface area contributed by atoms with Gasteiger partial charge in [-0.3, -0.25) is 9.78 Å². The van der Waals surface area contributed by atoms with Gasteiger partial charge in [-0.2, -0.15) is 0 Å². The van der Waals surface area contributed by atoms with E-state index in [1.165, 1.54) is 4.31 Å². The number of rotatable bonds is 5. The normalized spacial score (nSPS) is 17.9. The highest BCUT2D eigenvalue weighted by molar-refractivity contribution is 7.89. The van der Waals surface area contributed by atoms with Gasteiger partial charge in [-0.15, -0.1) is 0 Å². The molecule has 1 fully saturated rings. The minimum absolute atomic E-state index is 0.186. The predicted octanol–water partition coefficient (Wildman–Crippen LogP) is 2.80. The minimum atomic E-state index is -3.52. The molecule has 1 aliphatic rings. The van der Waals surface area contributed by atoms with Gasteiger partial charge in [0.1, 0.15) is 0 Å². The molecule has 1 amide bonds. The smallest absolute Gasteiger partial charge is 0.253 e. The highest BCUT2D eigenvalue weighted by atomic mass is 35.5. The minimum Gasteiger partial charge on any atom is -0.337 e. The number of carbonyl (C=O) groups is 1. The summed E-state index contributed by atoms with van der Waals surface area (Å²) in [6.45, 7) is 1.02. The summed E-state index contributed by atoms with van der Waals surface area (Å²) in [5.41, 5.74) is 1.35. The van der Waals surface area contributed by atoms with Crippen molar-refractivity contribution in [3.63, 3.8) is 0 Å². The quantitative estimate of drug-likeness (QED) is 0.764. The summed E-state index contributed by atoms with van der Waals surface area (Å²) < 4.78 is 27.4. The van der Waals surface area contributed by atoms with E-state index in [1.807, 2.05) is 0 Å². The van der Waals surface area contributed by atoms with Crippen LogP contribution >= 0.6 is 11.6 Å². The molecule has 1 aromatic heterocycles. The van der Waals surface area contributed by atoms with Crippen LogP contribution in [0.2, 0.25) is 5.02 Å². The van der Waals surface area contributed by atoms with Crippen LogP contribution in [0.3, 0.4) is 0 Å². The van der Waals surface area contributed by atoms with Gasteiger partial charge in [0.15, 0.2) is 0 Å². The van der Waals surface area contributed by atoms with E-state index in [0.29, 0.717) is 30.0 Å². The number of benzene rings is 1. The highest BCUT2D eigenvalue weighted by Crippen LogP contribution is 2.23. The average molecular weight is 408 g/mol. The van der Waals surface area contributed by atoms with Gasteiger partial charge >= 0.3 is 0 Å². The fourth-order valence-electron chi connectivity index (χ4n) is 3.26. The van der Waals surface area contributed by atoms with Gasteiger partial charge in [-0.25, -0.2) is 12.7 Å². The standard InChI is InChI=1S/C19H22ClN3O3S/c1-22(13-15-7-9-21-10-8-15)27(25,26)18-6-3-11-23(14-18)19(24)16-4-2-5-17(20)12-16/h2,4-5,7-10,12,18H,3,6,11,13-14H2,1H3/t18-/m1/s1. The molecule has 2 aromatic rings. The number of amides is 1. The van der Waals surface area contributed by atoms with Crippen LogP contribution in [0.25, 0.3) is 0 Å². The van der Waals surface area contributed by atoms with Crippen LogP contribution in [0.4, 0.5) is 0 Å². The van der Waals surface area contributed by atoms with Crippen molar-refractivity contribution < 1.29 is 13.2 Å². The van der Waals surface area contributed by atoms with Crippen LogP contribution in [-0.4, -0.2) is 53.9 Å². The molecule has 6 nitrogen and oxygen atoms in total. The summed E-state index contributed by atoms with van der Waals surface area (Å²) in [7, 11) is -1.95. The van der Waals surface area contributed by atoms with Gasteiger partial charge in [-0.05, 0) is 48.7 Å². The topological polar surface area (TPSA) is 70.6 Å². The third kappa shape index (κ3) is 4.66. The molecule has 0 radical (unpaired) electrons. The average Bonchev–Trinajstić information content (AvgIpc) is 2.68. The largest absolute Gasteiger partial charge is 0.337 e. The van der Waals surface area contributed by atoms with Crippen LogP contribution in [-0.2, 0) is 16.6 Å². The Labute approximate surface area is 164 Å². The zero-order chi connectivity index (χ0) is 19.4. The second kappa shape index (κ2) is 8.37. The Morgan fingerprint density at radius 2 is 2.04 bits per heavy atom. The molecule has 0 unspecified atom stereocenters. The van der Waals surface area contributed by atoms with E-state index < -0.39 is 15.3 Å². The maximum atomic E-state index is 13.0. The second-order valence-electron chi connectivity index (χ2n) is 6.68. The first kappa shape index (κ1) is 19.8. The lowest BCUT2D eigenvalue weighted by Gasteiger charge is -2.34. The lowest BCUT2D eigenvalue weighted by Crippen LogP contribution is -2.48. The van der Waals surface area contributed by atoms with Gasteiger partial charge in [0.25, 0.3) is 5.91 Å². The van der Waals surface area contributed by atoms with E-state index in [4.69, 9.17) is 11.6 Å². The number of pyridine rings is 1. The van der Waals surface area contributed by atoms with Crippen molar-refractivity contribution in [1.29, 1.82) is 0 Å². The van der Waals surface area contributed by atoms with E-state index in [9.17, 15) is 13.2 Å². The molecule has 0 saturated carbocycles. The molecule has 0 aliphatic carbocycles. The Balaban J connectivity index is 1.71. The number of carbonyl (C=O) groups excluding carboxylic acids is 1. The van der Waals surface area contributed by atoms with Crippen LogP contribution in [0, 0.1) is 0 Å². The monoisotopic (exact) mass is 407 g/mol. The Morgan fingerprint density at radius 1 is 1.30 bits per heavy atom. The molecule has 1 aromatic carbocycles. The van der Waals surface area contributed by atoms with Gasteiger partial charge in [0, 0.05) is 49.7 Å². The maximum absolute atomic E-state index is 13.0. The number of likely N-dealkylation sites (tertiary alicyclic amines) is 1. The van der Waals surface area contributed by atoms with Crippen LogP contribution in [0.1, 0.15) is 28.8 Å². The zero-order valence-electron chi connectivity index (χ0n) is 15.1. The van der Waals surface area contributed by atoms with Gasteiger partial charge in [-0.1, -0.05) is 17.7 Å². The molecular formula is C19H22ClN3O3S. The maximum Gasteiger partial charge on any atom is 0.253 e. The van der Waals surface area contributed by atoms with Crippen molar-refractivity contribution in [1.82, 2.24) is 14.2 Å². The van der Waals surface area contributed by atoms with Crippen LogP contribution < -0.4 is 0 Å². The zero-order valence-corrected chi connectivity index (χ0v) is 16.7. The van der Waals surface area contributed by atoms with E-state index >= 15 is 0 Å². The van der Waals surface area contributed by atoms with E-state index in [2.05, 4.69) is 4.98 Å². The summed E-state index contributed by atoms with van der Waals surface area (Å²) in [6, 6.07) is 10.3. The molecule has 2 heterocycles. The molecule has 8 heteroatoms. The summed E-state index contributed by atoms with van der Waals surface area (Å²) in [4.78, 5) is 18.3. The van der Waals surface area contributed by atoms with Crippen LogP contribution in [0.5, 0.6) is 0 Å². The SMILES string of the molecule is CN(Cc1ccncc1)S(=O)(=O)[C@@H]1CCCN(C(=O)c2cccc(Cl)c2)C1. The number of aromatic nitrogens is 1. The van der Waals surface area contributed by atoms with Crippen LogP contribution in [0.15, 0.2) is 48.8 Å². The van der Waals surface area contributed by atoms with Crippen molar-refractivity contribution >= 4 is 27.5 Å². The molecule has 0 bridgehead atoms. The van der Waals surface area contributed by atoms with E-state index in [0.717, 1.165) is 5.56 Å². The van der Waals surface area contributed by atoms with Crippen molar-refractivity contribution in [2.75, 3.05) is 20.1 Å². The fourth-order valence-corrected chi connectivity index (χ4v) is 5.12. The predicted molar refractivity (Wildman–Crippen MR) is 105 cm³/mol. The van der Waals surface area contributed by atoms with Crippen molar-refractivity contribution in [3.05, 3.63) is 64.9 Å². The number of sulfonamides is 1. The number of halogens is 1. The molecule has 144 valence electrons.